The van der Waals surface area contributed by atoms with Crippen molar-refractivity contribution in [2.24, 2.45) is 0 Å². The Bertz CT molecular complexity index is 1120. The second-order valence-electron chi connectivity index (χ2n) is 6.98. The number of aliphatic hydroxyl groups excluding tert-OH is 1. The molecule has 0 aliphatic carbocycles. The van der Waals surface area contributed by atoms with Crippen LogP contribution in [0.15, 0.2) is 78.9 Å². The first kappa shape index (κ1) is 22.8. The Kier molecular flexibility index (Phi) is 7.68. The van der Waals surface area contributed by atoms with Crippen LogP contribution in [0.5, 0.6) is 0 Å². The Balaban J connectivity index is 1.53. The molecule has 3 rings (SSSR count). The van der Waals surface area contributed by atoms with E-state index < -0.39 is 16.1 Å². The summed E-state index contributed by atoms with van der Waals surface area (Å²) in [6, 6.07) is 22.2. The summed E-state index contributed by atoms with van der Waals surface area (Å²) < 4.78 is 27.2. The zero-order valence-electron chi connectivity index (χ0n) is 16.7. The van der Waals surface area contributed by atoms with Crippen molar-refractivity contribution in [3.05, 3.63) is 101 Å². The van der Waals surface area contributed by atoms with Crippen LogP contribution < -0.4 is 10.0 Å². The molecule has 0 aliphatic rings. The van der Waals surface area contributed by atoms with E-state index in [2.05, 4.69) is 10.0 Å². The Morgan fingerprint density at radius 2 is 1.58 bits per heavy atom. The highest BCUT2D eigenvalue weighted by Crippen LogP contribution is 2.17. The maximum Gasteiger partial charge on any atom is 0.251 e. The lowest BCUT2D eigenvalue weighted by Gasteiger charge is -2.13. The minimum atomic E-state index is -3.58. The molecular weight excluding hydrogens is 436 g/mol. The van der Waals surface area contributed by atoms with E-state index in [0.29, 0.717) is 28.3 Å². The zero-order valence-corrected chi connectivity index (χ0v) is 18.2. The number of benzene rings is 3. The predicted molar refractivity (Wildman–Crippen MR) is 123 cm³/mol. The summed E-state index contributed by atoms with van der Waals surface area (Å²) in [7, 11) is -3.58. The Labute approximate surface area is 186 Å². The maximum atomic E-state index is 12.4. The van der Waals surface area contributed by atoms with E-state index in [0.717, 1.165) is 5.56 Å². The maximum absolute atomic E-state index is 12.4. The molecule has 0 bridgehead atoms. The van der Waals surface area contributed by atoms with Gasteiger partial charge in [0.05, 0.1) is 11.9 Å². The molecule has 6 nitrogen and oxygen atoms in total. The smallest absolute Gasteiger partial charge is 0.251 e. The fourth-order valence-electron chi connectivity index (χ4n) is 2.95. The molecular formula is C23H23ClN2O4S. The summed E-state index contributed by atoms with van der Waals surface area (Å²) in [6.45, 7) is 0.0687. The van der Waals surface area contributed by atoms with E-state index in [4.69, 9.17) is 11.6 Å². The first-order valence-corrected chi connectivity index (χ1v) is 11.7. The Hall–Kier alpha value is -2.87. The standard InChI is InChI=1S/C23H23ClN2O4S/c24-21-9-5-4-6-17(21)14-15-31(29,30)26-20-12-10-19(11-13-20)23(28)25-16-22(27)18-7-2-1-3-8-18/h1-13,22,26-27H,14-16H2,(H,25,28). The molecule has 3 aromatic carbocycles. The molecule has 1 atom stereocenters. The number of sulfonamides is 1. The van der Waals surface area contributed by atoms with Gasteiger partial charge in [0.15, 0.2) is 0 Å². The molecule has 0 aromatic heterocycles. The van der Waals surface area contributed by atoms with Crippen molar-refractivity contribution in [2.45, 2.75) is 12.5 Å². The predicted octanol–water partition coefficient (Wildman–Crippen LogP) is 3.79. The van der Waals surface area contributed by atoms with Gasteiger partial charge in [0.2, 0.25) is 10.0 Å². The van der Waals surface area contributed by atoms with Gasteiger partial charge >= 0.3 is 0 Å². The molecule has 0 saturated carbocycles. The fourth-order valence-corrected chi connectivity index (χ4v) is 4.27. The summed E-state index contributed by atoms with van der Waals surface area (Å²) in [5, 5.41) is 13.3. The lowest BCUT2D eigenvalue weighted by atomic mass is 10.1. The summed E-state index contributed by atoms with van der Waals surface area (Å²) >= 11 is 6.07. The van der Waals surface area contributed by atoms with Gasteiger partial charge in [-0.05, 0) is 47.9 Å². The van der Waals surface area contributed by atoms with Crippen LogP contribution in [0.3, 0.4) is 0 Å². The van der Waals surface area contributed by atoms with Crippen LogP contribution in [0, 0.1) is 0 Å². The number of hydrogen-bond donors (Lipinski definition) is 3. The molecule has 0 heterocycles. The molecule has 1 unspecified atom stereocenters. The van der Waals surface area contributed by atoms with Gasteiger partial charge in [0, 0.05) is 22.8 Å². The van der Waals surface area contributed by atoms with Gasteiger partial charge in [-0.1, -0.05) is 60.1 Å². The van der Waals surface area contributed by atoms with Gasteiger partial charge < -0.3 is 10.4 Å². The van der Waals surface area contributed by atoms with Crippen molar-refractivity contribution in [1.29, 1.82) is 0 Å². The van der Waals surface area contributed by atoms with E-state index >= 15 is 0 Å². The van der Waals surface area contributed by atoms with Crippen molar-refractivity contribution >= 4 is 33.2 Å². The first-order valence-electron chi connectivity index (χ1n) is 9.69. The van der Waals surface area contributed by atoms with Gasteiger partial charge in [0.1, 0.15) is 0 Å². The molecule has 3 N–H and O–H groups in total. The van der Waals surface area contributed by atoms with Crippen molar-refractivity contribution in [3.63, 3.8) is 0 Å². The third-order valence-corrected chi connectivity index (χ3v) is 6.32. The summed E-state index contributed by atoms with van der Waals surface area (Å²) in [5.74, 6) is -0.473. The lowest BCUT2D eigenvalue weighted by Crippen LogP contribution is -2.28. The van der Waals surface area contributed by atoms with E-state index in [-0.39, 0.29) is 18.2 Å². The van der Waals surface area contributed by atoms with E-state index in [1.54, 1.807) is 30.3 Å². The molecule has 8 heteroatoms. The fraction of sp³-hybridized carbons (Fsp3) is 0.174. The normalized spacial score (nSPS) is 12.2. The van der Waals surface area contributed by atoms with Crippen LogP contribution >= 0.6 is 11.6 Å². The highest BCUT2D eigenvalue weighted by molar-refractivity contribution is 7.92. The molecule has 0 radical (unpaired) electrons. The summed E-state index contributed by atoms with van der Waals surface area (Å²) in [4.78, 5) is 12.3. The minimum Gasteiger partial charge on any atom is -0.387 e. The van der Waals surface area contributed by atoms with Crippen molar-refractivity contribution < 1.29 is 18.3 Å². The average molecular weight is 459 g/mol. The molecule has 31 heavy (non-hydrogen) atoms. The van der Waals surface area contributed by atoms with Crippen molar-refractivity contribution in [1.82, 2.24) is 5.32 Å². The van der Waals surface area contributed by atoms with E-state index in [1.165, 1.54) is 24.3 Å². The number of amides is 1. The van der Waals surface area contributed by atoms with E-state index in [9.17, 15) is 18.3 Å². The quantitative estimate of drug-likeness (QED) is 0.454. The monoisotopic (exact) mass is 458 g/mol. The second-order valence-corrected chi connectivity index (χ2v) is 9.23. The molecule has 0 saturated heterocycles. The summed E-state index contributed by atoms with van der Waals surface area (Å²) in [5.41, 5.74) is 2.20. The Morgan fingerprint density at radius 3 is 2.26 bits per heavy atom. The molecule has 0 fully saturated rings. The topological polar surface area (TPSA) is 95.5 Å². The summed E-state index contributed by atoms with van der Waals surface area (Å²) in [6.07, 6.45) is -0.520. The number of rotatable bonds is 9. The van der Waals surface area contributed by atoms with Gasteiger partial charge in [-0.2, -0.15) is 0 Å². The van der Waals surface area contributed by atoms with Crippen LogP contribution in [0.2, 0.25) is 5.02 Å². The average Bonchev–Trinajstić information content (AvgIpc) is 2.77. The van der Waals surface area contributed by atoms with Gasteiger partial charge in [-0.25, -0.2) is 8.42 Å². The number of nitrogens with one attached hydrogen (secondary N) is 2. The van der Waals surface area contributed by atoms with Gasteiger partial charge in [-0.3, -0.25) is 9.52 Å². The lowest BCUT2D eigenvalue weighted by molar-refractivity contribution is 0.0916. The third kappa shape index (κ3) is 6.82. The van der Waals surface area contributed by atoms with Gasteiger partial charge in [-0.15, -0.1) is 0 Å². The van der Waals surface area contributed by atoms with Crippen molar-refractivity contribution in [2.75, 3.05) is 17.0 Å². The number of anilines is 1. The van der Waals surface area contributed by atoms with Crippen LogP contribution in [-0.4, -0.2) is 31.7 Å². The number of hydrogen-bond acceptors (Lipinski definition) is 4. The van der Waals surface area contributed by atoms with Gasteiger partial charge in [0.25, 0.3) is 5.91 Å². The van der Waals surface area contributed by atoms with Crippen LogP contribution in [-0.2, 0) is 16.4 Å². The van der Waals surface area contributed by atoms with Crippen LogP contribution in [0.4, 0.5) is 5.69 Å². The highest BCUT2D eigenvalue weighted by atomic mass is 35.5. The third-order valence-electron chi connectivity index (χ3n) is 4.66. The molecule has 0 aliphatic heterocycles. The van der Waals surface area contributed by atoms with Crippen LogP contribution in [0.25, 0.3) is 0 Å². The zero-order chi connectivity index (χ0) is 22.3. The minimum absolute atomic E-state index is 0.0687. The number of aryl methyl sites for hydroxylation is 1. The SMILES string of the molecule is O=C(NCC(O)c1ccccc1)c1ccc(NS(=O)(=O)CCc2ccccc2Cl)cc1. The number of carbonyl (C=O) groups is 1. The van der Waals surface area contributed by atoms with Crippen LogP contribution in [0.1, 0.15) is 27.6 Å². The molecule has 3 aromatic rings. The molecule has 162 valence electrons. The highest BCUT2D eigenvalue weighted by Gasteiger charge is 2.14. The van der Waals surface area contributed by atoms with Crippen molar-refractivity contribution in [3.8, 4) is 0 Å². The Morgan fingerprint density at radius 1 is 0.935 bits per heavy atom. The first-order chi connectivity index (χ1) is 14.8. The number of halogens is 1. The molecule has 0 spiro atoms. The largest absolute Gasteiger partial charge is 0.387 e. The second kappa shape index (κ2) is 10.4. The number of aliphatic hydroxyl groups is 1. The number of carbonyl (C=O) groups excluding carboxylic acids is 1. The van der Waals surface area contributed by atoms with E-state index in [1.807, 2.05) is 24.3 Å². The molecule has 1 amide bonds.